The summed E-state index contributed by atoms with van der Waals surface area (Å²) in [5.41, 5.74) is 1.44. The van der Waals surface area contributed by atoms with E-state index in [9.17, 15) is 24.9 Å². The summed E-state index contributed by atoms with van der Waals surface area (Å²) in [4.78, 5) is 30.4. The summed E-state index contributed by atoms with van der Waals surface area (Å²) in [5, 5.41) is 33.3. The lowest BCUT2D eigenvalue weighted by molar-refractivity contribution is -0.154. The van der Waals surface area contributed by atoms with Gasteiger partial charge in [0.1, 0.15) is 16.9 Å². The number of aliphatic hydroxyl groups excluding tert-OH is 3. The molecular formula is C27H41NO6S. The van der Waals surface area contributed by atoms with Gasteiger partial charge in [0.25, 0.3) is 0 Å². The highest BCUT2D eigenvalue weighted by molar-refractivity contribution is 7.09. The van der Waals surface area contributed by atoms with E-state index in [0.717, 1.165) is 30.4 Å². The highest BCUT2D eigenvalue weighted by atomic mass is 32.1. The Kier molecular flexibility index (Phi) is 10.8. The third kappa shape index (κ3) is 8.07. The van der Waals surface area contributed by atoms with Gasteiger partial charge in [-0.05, 0) is 50.7 Å². The van der Waals surface area contributed by atoms with Crippen molar-refractivity contribution in [1.29, 1.82) is 0 Å². The second-order valence-corrected chi connectivity index (χ2v) is 11.4. The average molecular weight is 508 g/mol. The molecule has 0 saturated heterocycles. The van der Waals surface area contributed by atoms with E-state index in [1.165, 1.54) is 11.3 Å². The normalized spacial score (nSPS) is 31.5. The van der Waals surface area contributed by atoms with Gasteiger partial charge < -0.3 is 20.1 Å². The lowest BCUT2D eigenvalue weighted by atomic mass is 9.73. The van der Waals surface area contributed by atoms with Gasteiger partial charge in [-0.1, -0.05) is 39.3 Å². The summed E-state index contributed by atoms with van der Waals surface area (Å²) in [7, 11) is 0. The summed E-state index contributed by atoms with van der Waals surface area (Å²) >= 11 is 1.36. The molecule has 7 nitrogen and oxygen atoms in total. The molecule has 0 spiro atoms. The SMILES string of the molecule is C/C1=C/C[C@@H](/C(C)=C/c2csc(CO)n2)OC(=O)C[C@H](O)C(C)(C)C(=O)[C@H](C)[C@@H](O)[C@@H](C)CCC1. The highest BCUT2D eigenvalue weighted by Gasteiger charge is 2.42. The number of ether oxygens (including phenoxy) is 1. The van der Waals surface area contributed by atoms with Crippen LogP contribution < -0.4 is 0 Å². The number of ketones is 1. The molecule has 0 saturated carbocycles. The van der Waals surface area contributed by atoms with Gasteiger partial charge in [0.2, 0.25) is 0 Å². The fourth-order valence-corrected chi connectivity index (χ4v) is 5.03. The Morgan fingerprint density at radius 2 is 1.97 bits per heavy atom. The number of aromatic nitrogens is 1. The quantitative estimate of drug-likeness (QED) is 0.409. The first-order chi connectivity index (χ1) is 16.4. The predicted octanol–water partition coefficient (Wildman–Crippen LogP) is 4.45. The first-order valence-corrected chi connectivity index (χ1v) is 13.2. The lowest BCUT2D eigenvalue weighted by Crippen LogP contribution is -2.45. The highest BCUT2D eigenvalue weighted by Crippen LogP contribution is 2.32. The van der Waals surface area contributed by atoms with Gasteiger partial charge in [-0.2, -0.15) is 0 Å². The van der Waals surface area contributed by atoms with Crippen LogP contribution in [0, 0.1) is 17.3 Å². The molecule has 0 aliphatic carbocycles. The van der Waals surface area contributed by atoms with Crippen molar-refractivity contribution in [3.63, 3.8) is 0 Å². The van der Waals surface area contributed by atoms with Crippen LogP contribution in [0.15, 0.2) is 22.6 Å². The number of allylic oxidation sites excluding steroid dienone is 1. The van der Waals surface area contributed by atoms with Crippen molar-refractivity contribution in [2.45, 2.75) is 98.6 Å². The molecule has 1 aromatic rings. The number of hydrogen-bond donors (Lipinski definition) is 3. The Morgan fingerprint density at radius 1 is 1.29 bits per heavy atom. The summed E-state index contributed by atoms with van der Waals surface area (Å²) < 4.78 is 5.78. The van der Waals surface area contributed by atoms with Gasteiger partial charge >= 0.3 is 5.97 Å². The second-order valence-electron chi connectivity index (χ2n) is 10.4. The third-order valence-electron chi connectivity index (χ3n) is 7.11. The number of aliphatic hydroxyl groups is 3. The fourth-order valence-electron chi connectivity index (χ4n) is 4.42. The van der Waals surface area contributed by atoms with Gasteiger partial charge in [0.15, 0.2) is 0 Å². The molecule has 35 heavy (non-hydrogen) atoms. The standard InChI is InChI=1S/C27H41NO6S/c1-16-8-7-9-17(2)25(32)19(4)26(33)27(5,6)22(30)13-24(31)34-21(11-10-16)18(3)12-20-15-35-23(14-29)28-20/h10,12,15,17,19,21-22,25,29-30,32H,7-9,11,13-14H2,1-6H3/b16-10-,18-12+/t17-,19+,21-,22-,25-/m0/s1. The van der Waals surface area contributed by atoms with E-state index in [2.05, 4.69) is 11.1 Å². The Morgan fingerprint density at radius 3 is 2.60 bits per heavy atom. The molecule has 0 unspecified atom stereocenters. The zero-order valence-corrected chi connectivity index (χ0v) is 22.6. The van der Waals surface area contributed by atoms with E-state index in [-0.39, 0.29) is 24.7 Å². The largest absolute Gasteiger partial charge is 0.457 e. The molecule has 0 aromatic carbocycles. The Labute approximate surface area is 212 Å². The lowest BCUT2D eigenvalue weighted by Gasteiger charge is -2.34. The number of carbonyl (C=O) groups excluding carboxylic acids is 2. The molecule has 0 bridgehead atoms. The van der Waals surface area contributed by atoms with E-state index >= 15 is 0 Å². The maximum absolute atomic E-state index is 13.2. The number of nitrogens with zero attached hydrogens (tertiary/aromatic N) is 1. The van der Waals surface area contributed by atoms with Crippen LogP contribution >= 0.6 is 11.3 Å². The number of cyclic esters (lactones) is 1. The molecule has 3 N–H and O–H groups in total. The number of thiazole rings is 1. The number of rotatable bonds is 3. The van der Waals surface area contributed by atoms with Crippen molar-refractivity contribution in [3.8, 4) is 0 Å². The minimum atomic E-state index is -1.24. The number of Topliss-reactive ketones (excluding diaryl/α,β-unsaturated/α-hetero) is 1. The van der Waals surface area contributed by atoms with E-state index in [4.69, 9.17) is 4.74 Å². The van der Waals surface area contributed by atoms with Crippen molar-refractivity contribution in [2.75, 3.05) is 0 Å². The fraction of sp³-hybridized carbons (Fsp3) is 0.667. The molecule has 1 aliphatic rings. The van der Waals surface area contributed by atoms with Crippen LogP contribution in [0.2, 0.25) is 0 Å². The first-order valence-electron chi connectivity index (χ1n) is 12.4. The molecule has 196 valence electrons. The van der Waals surface area contributed by atoms with Crippen LogP contribution in [0.4, 0.5) is 0 Å². The molecule has 0 radical (unpaired) electrons. The van der Waals surface area contributed by atoms with Crippen LogP contribution in [0.25, 0.3) is 6.08 Å². The molecule has 1 aromatic heterocycles. The summed E-state index contributed by atoms with van der Waals surface area (Å²) in [6.07, 6.45) is 3.95. The summed E-state index contributed by atoms with van der Waals surface area (Å²) in [5.74, 6) is -1.58. The van der Waals surface area contributed by atoms with Gasteiger partial charge in [-0.15, -0.1) is 11.3 Å². The molecular weight excluding hydrogens is 466 g/mol. The molecule has 2 rings (SSSR count). The second kappa shape index (κ2) is 12.9. The van der Waals surface area contributed by atoms with E-state index < -0.39 is 35.6 Å². The third-order valence-corrected chi connectivity index (χ3v) is 7.96. The predicted molar refractivity (Wildman–Crippen MR) is 138 cm³/mol. The molecule has 5 atom stereocenters. The monoisotopic (exact) mass is 507 g/mol. The summed E-state index contributed by atoms with van der Waals surface area (Å²) in [6, 6.07) is 0. The van der Waals surface area contributed by atoms with Gasteiger partial charge in [-0.25, -0.2) is 4.98 Å². The van der Waals surface area contributed by atoms with Crippen LogP contribution in [-0.4, -0.2) is 50.4 Å². The zero-order chi connectivity index (χ0) is 26.3. The Hall–Kier alpha value is -1.87. The van der Waals surface area contributed by atoms with Crippen LogP contribution in [0.3, 0.4) is 0 Å². The van der Waals surface area contributed by atoms with Crippen molar-refractivity contribution in [1.82, 2.24) is 4.98 Å². The minimum Gasteiger partial charge on any atom is -0.457 e. The molecule has 0 fully saturated rings. The topological polar surface area (TPSA) is 117 Å². The van der Waals surface area contributed by atoms with Crippen molar-refractivity contribution < 1.29 is 29.6 Å². The smallest absolute Gasteiger partial charge is 0.309 e. The molecule has 8 heteroatoms. The minimum absolute atomic E-state index is 0.0626. The molecule has 1 aliphatic heterocycles. The maximum Gasteiger partial charge on any atom is 0.309 e. The van der Waals surface area contributed by atoms with Gasteiger partial charge in [0, 0.05) is 17.7 Å². The van der Waals surface area contributed by atoms with E-state index in [0.29, 0.717) is 17.1 Å². The molecule has 0 amide bonds. The van der Waals surface area contributed by atoms with Crippen molar-refractivity contribution in [3.05, 3.63) is 33.3 Å². The Balaban J connectivity index is 2.33. The maximum atomic E-state index is 13.2. The van der Waals surface area contributed by atoms with Crippen molar-refractivity contribution >= 4 is 29.2 Å². The van der Waals surface area contributed by atoms with Crippen LogP contribution in [-0.2, 0) is 20.9 Å². The van der Waals surface area contributed by atoms with Crippen LogP contribution in [0.1, 0.15) is 84.3 Å². The zero-order valence-electron chi connectivity index (χ0n) is 21.8. The number of carbonyl (C=O) groups is 2. The number of hydrogen-bond acceptors (Lipinski definition) is 8. The Bertz CT molecular complexity index is 934. The van der Waals surface area contributed by atoms with Crippen molar-refractivity contribution in [2.24, 2.45) is 17.3 Å². The van der Waals surface area contributed by atoms with Gasteiger partial charge in [0.05, 0.1) is 36.3 Å². The average Bonchev–Trinajstić information content (AvgIpc) is 3.26. The van der Waals surface area contributed by atoms with E-state index in [1.807, 2.05) is 32.2 Å². The van der Waals surface area contributed by atoms with Crippen LogP contribution in [0.5, 0.6) is 0 Å². The van der Waals surface area contributed by atoms with E-state index in [1.54, 1.807) is 20.8 Å². The van der Waals surface area contributed by atoms with Gasteiger partial charge in [-0.3, -0.25) is 9.59 Å². The molecule has 2 heterocycles. The summed E-state index contributed by atoms with van der Waals surface area (Å²) in [6.45, 7) is 10.6. The number of esters is 1. The first kappa shape index (κ1) is 29.4.